The average molecular weight is 391 g/mol. The maximum Gasteiger partial charge on any atom is 0.433 e. The van der Waals surface area contributed by atoms with Crippen LogP contribution in [0, 0.1) is 23.7 Å². The lowest BCUT2D eigenvalue weighted by molar-refractivity contribution is -0.141. The van der Waals surface area contributed by atoms with E-state index in [0.29, 0.717) is 11.6 Å². The second-order valence-corrected chi connectivity index (χ2v) is 7.50. The molecule has 0 bridgehead atoms. The van der Waals surface area contributed by atoms with Gasteiger partial charge in [-0.25, -0.2) is 4.98 Å². The van der Waals surface area contributed by atoms with Crippen molar-refractivity contribution in [3.63, 3.8) is 0 Å². The maximum absolute atomic E-state index is 13.1. The summed E-state index contributed by atoms with van der Waals surface area (Å²) in [4.78, 5) is 19.6. The van der Waals surface area contributed by atoms with Crippen LogP contribution in [0.15, 0.2) is 30.3 Å². The van der Waals surface area contributed by atoms with E-state index in [9.17, 15) is 18.0 Å². The maximum atomic E-state index is 13.1. The Morgan fingerprint density at radius 2 is 1.79 bits per heavy atom. The van der Waals surface area contributed by atoms with Crippen LogP contribution in [0.3, 0.4) is 0 Å². The average Bonchev–Trinajstić information content (AvgIpc) is 2.59. The Hall–Kier alpha value is -3.15. The van der Waals surface area contributed by atoms with Gasteiger partial charge in [0.25, 0.3) is 5.91 Å². The van der Waals surface area contributed by atoms with Crippen molar-refractivity contribution in [1.82, 2.24) is 15.4 Å². The number of nitriles is 1. The van der Waals surface area contributed by atoms with Gasteiger partial charge in [-0.15, -0.1) is 0 Å². The molecule has 0 atom stereocenters. The summed E-state index contributed by atoms with van der Waals surface area (Å²) in [5, 5.41) is 10.2. The predicted octanol–water partition coefficient (Wildman–Crippen LogP) is 3.87. The molecule has 1 aromatic heterocycles. The van der Waals surface area contributed by atoms with E-state index in [2.05, 4.69) is 15.4 Å². The van der Waals surface area contributed by atoms with E-state index in [1.165, 1.54) is 11.1 Å². The van der Waals surface area contributed by atoms with Crippen molar-refractivity contribution in [3.05, 3.63) is 53.0 Å². The monoisotopic (exact) mass is 391 g/mol. The molecule has 0 saturated carbocycles. The third kappa shape index (κ3) is 5.67. The molecule has 28 heavy (non-hydrogen) atoms. The Morgan fingerprint density at radius 3 is 2.29 bits per heavy atom. The van der Waals surface area contributed by atoms with Crippen LogP contribution in [0.2, 0.25) is 0 Å². The summed E-state index contributed by atoms with van der Waals surface area (Å²) >= 11 is 0. The molecular weight excluding hydrogens is 371 g/mol. The van der Waals surface area contributed by atoms with Crippen LogP contribution in [0.25, 0.3) is 0 Å². The van der Waals surface area contributed by atoms with Crippen LogP contribution in [-0.2, 0) is 6.18 Å². The minimum Gasteiger partial charge on any atom is -0.267 e. The number of hydrazine groups is 1. The molecule has 0 aliphatic rings. The standard InChI is InChI=1S/C19H20F3N5O/c1-12-5-7-13(8-6-12)17(28)26-27(11-18(2,3)4)16-9-14(19(20,21)22)24-15(10-23)25-16/h5-9H,11H2,1-4H3,(H,26,28). The lowest BCUT2D eigenvalue weighted by Crippen LogP contribution is -2.47. The number of alkyl halides is 3. The number of anilines is 1. The van der Waals surface area contributed by atoms with Gasteiger partial charge in [0.2, 0.25) is 5.82 Å². The number of aromatic nitrogens is 2. The van der Waals surface area contributed by atoms with E-state index in [4.69, 9.17) is 5.26 Å². The fourth-order valence-electron chi connectivity index (χ4n) is 2.31. The number of benzene rings is 1. The van der Waals surface area contributed by atoms with E-state index < -0.39 is 29.0 Å². The quantitative estimate of drug-likeness (QED) is 0.800. The van der Waals surface area contributed by atoms with Crippen molar-refractivity contribution >= 4 is 11.7 Å². The number of hydrogen-bond donors (Lipinski definition) is 1. The number of halogens is 3. The van der Waals surface area contributed by atoms with Gasteiger partial charge >= 0.3 is 6.18 Å². The minimum absolute atomic E-state index is 0.157. The van der Waals surface area contributed by atoms with E-state index in [-0.39, 0.29) is 12.4 Å². The fraction of sp³-hybridized carbons (Fsp3) is 0.368. The summed E-state index contributed by atoms with van der Waals surface area (Å²) in [6.45, 7) is 7.60. The van der Waals surface area contributed by atoms with Crippen LogP contribution < -0.4 is 10.4 Å². The molecule has 0 spiro atoms. The molecule has 0 radical (unpaired) electrons. The van der Waals surface area contributed by atoms with Gasteiger partial charge in [-0.05, 0) is 24.5 Å². The second kappa shape index (κ2) is 7.84. The summed E-state index contributed by atoms with van der Waals surface area (Å²) in [5.41, 5.74) is 2.25. The molecule has 9 heteroatoms. The third-order valence-corrected chi connectivity index (χ3v) is 3.56. The number of hydrogen-bond acceptors (Lipinski definition) is 5. The SMILES string of the molecule is Cc1ccc(C(=O)NN(CC(C)(C)C)c2cc(C(F)(F)F)nc(C#N)n2)cc1. The van der Waals surface area contributed by atoms with Gasteiger partial charge in [0.05, 0.1) is 0 Å². The number of nitrogens with zero attached hydrogens (tertiary/aromatic N) is 4. The Kier molecular flexibility index (Phi) is 5.92. The highest BCUT2D eigenvalue weighted by Gasteiger charge is 2.35. The molecule has 6 nitrogen and oxygen atoms in total. The molecule has 1 heterocycles. The largest absolute Gasteiger partial charge is 0.433 e. The molecular formula is C19H20F3N5O. The minimum atomic E-state index is -4.75. The van der Waals surface area contributed by atoms with Crippen LogP contribution in [-0.4, -0.2) is 22.4 Å². The Bertz CT molecular complexity index is 896. The number of rotatable bonds is 4. The van der Waals surface area contributed by atoms with Crippen molar-refractivity contribution in [2.45, 2.75) is 33.9 Å². The van der Waals surface area contributed by atoms with Gasteiger partial charge in [-0.1, -0.05) is 38.5 Å². The van der Waals surface area contributed by atoms with Crippen LogP contribution >= 0.6 is 0 Å². The normalized spacial score (nSPS) is 11.6. The van der Waals surface area contributed by atoms with Crippen LogP contribution in [0.1, 0.15) is 48.2 Å². The first-order valence-electron chi connectivity index (χ1n) is 8.40. The van der Waals surface area contributed by atoms with E-state index in [1.54, 1.807) is 24.3 Å². The van der Waals surface area contributed by atoms with Crippen molar-refractivity contribution in [2.75, 3.05) is 11.6 Å². The summed E-state index contributed by atoms with van der Waals surface area (Å²) in [6, 6.07) is 8.97. The second-order valence-electron chi connectivity index (χ2n) is 7.50. The lowest BCUT2D eigenvalue weighted by Gasteiger charge is -2.31. The molecule has 2 aromatic rings. The molecule has 1 aromatic carbocycles. The van der Waals surface area contributed by atoms with Gasteiger partial charge in [0, 0.05) is 18.2 Å². The zero-order valence-corrected chi connectivity index (χ0v) is 15.9. The Balaban J connectivity index is 2.44. The predicted molar refractivity (Wildman–Crippen MR) is 97.2 cm³/mol. The van der Waals surface area contributed by atoms with Gasteiger partial charge in [-0.3, -0.25) is 15.2 Å². The van der Waals surface area contributed by atoms with E-state index in [0.717, 1.165) is 5.56 Å². The molecule has 0 unspecified atom stereocenters. The highest BCUT2D eigenvalue weighted by molar-refractivity contribution is 5.95. The first kappa shape index (κ1) is 21.2. The number of nitrogens with one attached hydrogen (secondary N) is 1. The summed E-state index contributed by atoms with van der Waals surface area (Å²) in [7, 11) is 0. The number of carbonyl (C=O) groups is 1. The summed E-state index contributed by atoms with van der Waals surface area (Å²) < 4.78 is 39.4. The van der Waals surface area contributed by atoms with Gasteiger partial charge in [-0.2, -0.15) is 23.4 Å². The van der Waals surface area contributed by atoms with Crippen LogP contribution in [0.5, 0.6) is 0 Å². The Morgan fingerprint density at radius 1 is 1.18 bits per heavy atom. The molecule has 1 amide bonds. The first-order chi connectivity index (χ1) is 12.9. The van der Waals surface area contributed by atoms with Crippen LogP contribution in [0.4, 0.5) is 19.0 Å². The van der Waals surface area contributed by atoms with Gasteiger partial charge < -0.3 is 0 Å². The molecule has 0 fully saturated rings. The van der Waals surface area contributed by atoms with E-state index >= 15 is 0 Å². The molecule has 0 aliphatic carbocycles. The third-order valence-electron chi connectivity index (χ3n) is 3.56. The van der Waals surface area contributed by atoms with Crippen molar-refractivity contribution < 1.29 is 18.0 Å². The molecule has 0 aliphatic heterocycles. The van der Waals surface area contributed by atoms with Crippen molar-refractivity contribution in [1.29, 1.82) is 5.26 Å². The highest BCUT2D eigenvalue weighted by atomic mass is 19.4. The lowest BCUT2D eigenvalue weighted by atomic mass is 9.96. The zero-order chi connectivity index (χ0) is 21.1. The topological polar surface area (TPSA) is 81.9 Å². The first-order valence-corrected chi connectivity index (χ1v) is 8.40. The molecule has 2 rings (SSSR count). The number of carbonyl (C=O) groups excluding carboxylic acids is 1. The smallest absolute Gasteiger partial charge is 0.267 e. The summed E-state index contributed by atoms with van der Waals surface area (Å²) in [6.07, 6.45) is -4.75. The molecule has 0 saturated heterocycles. The number of aryl methyl sites for hydroxylation is 1. The summed E-state index contributed by atoms with van der Waals surface area (Å²) in [5.74, 6) is -1.35. The fourth-order valence-corrected chi connectivity index (χ4v) is 2.31. The van der Waals surface area contributed by atoms with E-state index in [1.807, 2.05) is 27.7 Å². The molecule has 148 valence electrons. The van der Waals surface area contributed by atoms with Gasteiger partial charge in [0.15, 0.2) is 11.5 Å². The van der Waals surface area contributed by atoms with Crippen molar-refractivity contribution in [2.24, 2.45) is 5.41 Å². The number of amides is 1. The molecule has 1 N–H and O–H groups in total. The van der Waals surface area contributed by atoms with Crippen molar-refractivity contribution in [3.8, 4) is 6.07 Å². The van der Waals surface area contributed by atoms with Gasteiger partial charge in [0.1, 0.15) is 6.07 Å². The highest BCUT2D eigenvalue weighted by Crippen LogP contribution is 2.30. The Labute approximate surface area is 161 Å². The zero-order valence-electron chi connectivity index (χ0n) is 15.9.